The van der Waals surface area contributed by atoms with Crippen molar-refractivity contribution in [2.45, 2.75) is 43.9 Å². The average molecular weight is 421 g/mol. The molecular formula is C21H25FN2O4S. The van der Waals surface area contributed by atoms with Crippen LogP contribution in [0.5, 0.6) is 5.75 Å². The van der Waals surface area contributed by atoms with E-state index in [0.717, 1.165) is 6.07 Å². The molecule has 2 N–H and O–H groups in total. The maximum Gasteiger partial charge on any atom is 0.261 e. The zero-order chi connectivity index (χ0) is 20.9. The fourth-order valence-corrected chi connectivity index (χ4v) is 4.42. The summed E-state index contributed by atoms with van der Waals surface area (Å²) in [5.74, 6) is 0.0877. The van der Waals surface area contributed by atoms with Gasteiger partial charge in [-0.25, -0.2) is 12.8 Å². The third-order valence-corrected chi connectivity index (χ3v) is 6.27. The van der Waals surface area contributed by atoms with Crippen LogP contribution in [0.25, 0.3) is 0 Å². The maximum atomic E-state index is 13.7. The number of halogens is 1. The topological polar surface area (TPSA) is 84.5 Å². The van der Waals surface area contributed by atoms with Gasteiger partial charge in [-0.15, -0.1) is 0 Å². The molecule has 3 rings (SSSR count). The first kappa shape index (κ1) is 21.1. The van der Waals surface area contributed by atoms with Gasteiger partial charge in [0.05, 0.1) is 22.9 Å². The highest BCUT2D eigenvalue weighted by Gasteiger charge is 2.17. The second kappa shape index (κ2) is 9.26. The van der Waals surface area contributed by atoms with Crippen LogP contribution in [0.3, 0.4) is 0 Å². The highest BCUT2D eigenvalue weighted by atomic mass is 32.2. The molecule has 2 aromatic carbocycles. The number of nitrogens with one attached hydrogen (secondary N) is 2. The molecule has 0 atom stereocenters. The molecule has 0 aromatic heterocycles. The number of sulfonamides is 1. The third-order valence-electron chi connectivity index (χ3n) is 4.87. The van der Waals surface area contributed by atoms with E-state index in [2.05, 4.69) is 10.0 Å². The Morgan fingerprint density at radius 1 is 1.10 bits per heavy atom. The number of carbonyl (C=O) groups excluding carboxylic acids is 1. The Bertz CT molecular complexity index is 955. The van der Waals surface area contributed by atoms with Gasteiger partial charge >= 0.3 is 0 Å². The molecule has 1 amide bonds. The van der Waals surface area contributed by atoms with E-state index in [-0.39, 0.29) is 16.3 Å². The molecule has 1 aliphatic rings. The highest BCUT2D eigenvalue weighted by molar-refractivity contribution is 7.92. The lowest BCUT2D eigenvalue weighted by molar-refractivity contribution is -0.114. The molecule has 6 nitrogen and oxygen atoms in total. The van der Waals surface area contributed by atoms with E-state index in [9.17, 15) is 17.6 Å². The smallest absolute Gasteiger partial charge is 0.261 e. The molecule has 29 heavy (non-hydrogen) atoms. The summed E-state index contributed by atoms with van der Waals surface area (Å²) in [6.07, 6.45) is 6.12. The van der Waals surface area contributed by atoms with Gasteiger partial charge in [0.1, 0.15) is 11.6 Å². The zero-order valence-corrected chi connectivity index (χ0v) is 17.1. The molecule has 1 saturated carbocycles. The molecule has 2 aromatic rings. The number of hydrogen-bond donors (Lipinski definition) is 2. The van der Waals surface area contributed by atoms with Crippen LogP contribution in [0.2, 0.25) is 0 Å². The van der Waals surface area contributed by atoms with Crippen LogP contribution >= 0.6 is 0 Å². The number of amides is 1. The number of anilines is 2. The molecule has 0 aliphatic heterocycles. The minimum absolute atomic E-state index is 0.0629. The van der Waals surface area contributed by atoms with Gasteiger partial charge in [0.15, 0.2) is 0 Å². The van der Waals surface area contributed by atoms with Gasteiger partial charge in [0.25, 0.3) is 10.0 Å². The van der Waals surface area contributed by atoms with Crippen molar-refractivity contribution < 1.29 is 22.3 Å². The molecule has 156 valence electrons. The molecule has 0 heterocycles. The lowest BCUT2D eigenvalue weighted by Gasteiger charge is -2.21. The summed E-state index contributed by atoms with van der Waals surface area (Å²) in [7, 11) is -3.86. The quantitative estimate of drug-likeness (QED) is 0.689. The van der Waals surface area contributed by atoms with Crippen molar-refractivity contribution in [3.05, 3.63) is 48.3 Å². The molecule has 1 aliphatic carbocycles. The van der Waals surface area contributed by atoms with Crippen molar-refractivity contribution in [2.75, 3.05) is 16.6 Å². The summed E-state index contributed by atoms with van der Waals surface area (Å²) in [5.41, 5.74) is 0.0527. The van der Waals surface area contributed by atoms with Crippen molar-refractivity contribution >= 4 is 27.3 Å². The summed E-state index contributed by atoms with van der Waals surface area (Å²) in [6.45, 7) is 1.89. The van der Waals surface area contributed by atoms with Crippen LogP contribution in [-0.4, -0.2) is 20.9 Å². The summed E-state index contributed by atoms with van der Waals surface area (Å²) >= 11 is 0. The van der Waals surface area contributed by atoms with Gasteiger partial charge in [0, 0.05) is 6.92 Å². The fraction of sp³-hybridized carbons (Fsp3) is 0.381. The Morgan fingerprint density at radius 2 is 1.79 bits per heavy atom. The highest BCUT2D eigenvalue weighted by Crippen LogP contribution is 2.26. The van der Waals surface area contributed by atoms with Gasteiger partial charge in [-0.05, 0) is 61.2 Å². The fourth-order valence-electron chi connectivity index (χ4n) is 3.37. The average Bonchev–Trinajstić information content (AvgIpc) is 2.69. The van der Waals surface area contributed by atoms with Gasteiger partial charge in [-0.2, -0.15) is 0 Å². The first-order valence-corrected chi connectivity index (χ1v) is 11.1. The Labute approximate surface area is 170 Å². The standard InChI is InChI=1S/C21H25FN2O4S/c1-15(25)23-21-13-17(7-12-20(21)22)24-29(26,27)19-10-8-18(9-11-19)28-14-16-5-3-2-4-6-16/h7-13,16,24H,2-6,14H2,1H3,(H,23,25). The predicted octanol–water partition coefficient (Wildman–Crippen LogP) is 4.54. The van der Waals surface area contributed by atoms with Crippen LogP contribution < -0.4 is 14.8 Å². The van der Waals surface area contributed by atoms with Crippen molar-refractivity contribution in [2.24, 2.45) is 5.92 Å². The van der Waals surface area contributed by atoms with Gasteiger partial charge in [0.2, 0.25) is 5.91 Å². The van der Waals surface area contributed by atoms with Crippen molar-refractivity contribution in [1.29, 1.82) is 0 Å². The summed E-state index contributed by atoms with van der Waals surface area (Å²) in [5, 5.41) is 2.32. The molecule has 0 spiro atoms. The Kier molecular flexibility index (Phi) is 6.74. The van der Waals surface area contributed by atoms with Crippen molar-refractivity contribution in [1.82, 2.24) is 0 Å². The second-order valence-corrected chi connectivity index (χ2v) is 8.95. The molecule has 8 heteroatoms. The predicted molar refractivity (Wildman–Crippen MR) is 110 cm³/mol. The van der Waals surface area contributed by atoms with E-state index in [1.54, 1.807) is 12.1 Å². The third kappa shape index (κ3) is 5.93. The zero-order valence-electron chi connectivity index (χ0n) is 16.3. The Morgan fingerprint density at radius 3 is 2.45 bits per heavy atom. The maximum absolute atomic E-state index is 13.7. The van der Waals surface area contributed by atoms with E-state index in [1.807, 2.05) is 0 Å². The van der Waals surface area contributed by atoms with Crippen LogP contribution in [0.15, 0.2) is 47.4 Å². The van der Waals surface area contributed by atoms with Crippen LogP contribution in [-0.2, 0) is 14.8 Å². The molecule has 0 bridgehead atoms. The number of rotatable bonds is 7. The normalized spacial score (nSPS) is 15.0. The first-order valence-electron chi connectivity index (χ1n) is 9.66. The van der Waals surface area contributed by atoms with E-state index < -0.39 is 21.7 Å². The Hall–Kier alpha value is -2.61. The van der Waals surface area contributed by atoms with E-state index in [1.165, 1.54) is 63.3 Å². The van der Waals surface area contributed by atoms with Crippen LogP contribution in [0, 0.1) is 11.7 Å². The lowest BCUT2D eigenvalue weighted by Crippen LogP contribution is -2.15. The largest absolute Gasteiger partial charge is 0.493 e. The molecule has 0 saturated heterocycles. The molecule has 0 radical (unpaired) electrons. The first-order chi connectivity index (χ1) is 13.8. The van der Waals surface area contributed by atoms with E-state index in [0.29, 0.717) is 18.3 Å². The SMILES string of the molecule is CC(=O)Nc1cc(NS(=O)(=O)c2ccc(OCC3CCCCC3)cc2)ccc1F. The van der Waals surface area contributed by atoms with Crippen molar-refractivity contribution in [3.63, 3.8) is 0 Å². The monoisotopic (exact) mass is 420 g/mol. The molecule has 0 unspecified atom stereocenters. The minimum Gasteiger partial charge on any atom is -0.493 e. The minimum atomic E-state index is -3.86. The number of benzene rings is 2. The van der Waals surface area contributed by atoms with Gasteiger partial charge in [-0.3, -0.25) is 9.52 Å². The Balaban J connectivity index is 1.65. The van der Waals surface area contributed by atoms with E-state index in [4.69, 9.17) is 4.74 Å². The van der Waals surface area contributed by atoms with Gasteiger partial charge in [-0.1, -0.05) is 19.3 Å². The van der Waals surface area contributed by atoms with Crippen LogP contribution in [0.1, 0.15) is 39.0 Å². The number of hydrogen-bond acceptors (Lipinski definition) is 4. The van der Waals surface area contributed by atoms with Crippen molar-refractivity contribution in [3.8, 4) is 5.75 Å². The van der Waals surface area contributed by atoms with E-state index >= 15 is 0 Å². The number of carbonyl (C=O) groups is 1. The summed E-state index contributed by atoms with van der Waals surface area (Å²) in [6, 6.07) is 9.81. The summed E-state index contributed by atoms with van der Waals surface area (Å²) < 4.78 is 47.1. The van der Waals surface area contributed by atoms with Gasteiger partial charge < -0.3 is 10.1 Å². The second-order valence-electron chi connectivity index (χ2n) is 7.27. The summed E-state index contributed by atoms with van der Waals surface area (Å²) in [4.78, 5) is 11.2. The van der Waals surface area contributed by atoms with Crippen LogP contribution in [0.4, 0.5) is 15.8 Å². The lowest BCUT2D eigenvalue weighted by atomic mass is 9.90. The number of ether oxygens (including phenoxy) is 1. The molecule has 1 fully saturated rings. The molecular weight excluding hydrogens is 395 g/mol.